The number of benzene rings is 1. The predicted octanol–water partition coefficient (Wildman–Crippen LogP) is 6.79. The van der Waals surface area contributed by atoms with Gasteiger partial charge in [-0.05, 0) is 12.5 Å². The number of unbranched alkanes of at least 4 members (excludes halogenated alkanes) is 14. The lowest BCUT2D eigenvalue weighted by Gasteiger charge is -2.26. The van der Waals surface area contributed by atoms with Crippen LogP contribution in [0.2, 0.25) is 0 Å². The van der Waals surface area contributed by atoms with Crippen LogP contribution in [0.5, 0.6) is 0 Å². The largest absolute Gasteiger partial charge is 0.606 e. The molecular weight excluding hydrogens is 699 g/mol. The maximum Gasteiger partial charge on any atom is 0.377 e. The normalized spacial score (nSPS) is 13.3. The van der Waals surface area contributed by atoms with Crippen molar-refractivity contribution in [3.05, 3.63) is 38.4 Å². The number of ether oxygens (including phenoxy) is 2. The number of nitrogens with zero attached hydrogens (tertiary/aromatic N) is 3. The standard InChI is InChI=1S/C35H61N4O12P/c1-5-6-7-8-9-10-11-12-13-14-15-16-17-18-19-20-34(40)48-28-31(29-50-52(46,47)49-26-25-39(2,3)4)51-35(41)23-24-36-32-22-21-30(37(42)43)27-33(32)38(44)45/h21-22,27,31,36H,5-20,23-26,28-29H2,1-4H3/p+1/t31-/m1/s1. The van der Waals surface area contributed by atoms with Gasteiger partial charge >= 0.3 is 20.1 Å². The van der Waals surface area contributed by atoms with Crippen molar-refractivity contribution in [1.82, 2.24) is 0 Å². The molecule has 2 atom stereocenters. The van der Waals surface area contributed by atoms with Gasteiger partial charge in [0.15, 0.2) is 6.10 Å². The fourth-order valence-corrected chi connectivity index (χ4v) is 5.88. The molecule has 0 heterocycles. The van der Waals surface area contributed by atoms with E-state index in [1.165, 1.54) is 70.6 Å². The number of non-ortho nitro benzene ring substituents is 1. The van der Waals surface area contributed by atoms with Crippen molar-refractivity contribution in [2.24, 2.45) is 0 Å². The third-order valence-electron chi connectivity index (χ3n) is 8.19. The Hall–Kier alpha value is -3.01. The molecule has 0 bridgehead atoms. The van der Waals surface area contributed by atoms with Crippen LogP contribution in [0.1, 0.15) is 116 Å². The molecule has 0 saturated carbocycles. The van der Waals surface area contributed by atoms with Crippen molar-refractivity contribution in [2.45, 2.75) is 122 Å². The number of likely N-dealkylation sites (N-methyl/N-ethyl adjacent to an activating group) is 1. The zero-order valence-electron chi connectivity index (χ0n) is 31.6. The minimum atomic E-state index is -4.52. The van der Waals surface area contributed by atoms with E-state index in [1.807, 2.05) is 21.1 Å². The third-order valence-corrected chi connectivity index (χ3v) is 9.17. The van der Waals surface area contributed by atoms with Gasteiger partial charge in [0, 0.05) is 19.0 Å². The molecule has 298 valence electrons. The van der Waals surface area contributed by atoms with E-state index in [0.717, 1.165) is 37.5 Å². The number of carbonyl (C=O) groups is 2. The zero-order valence-corrected chi connectivity index (χ0v) is 32.5. The Labute approximate surface area is 309 Å². The van der Waals surface area contributed by atoms with Crippen LogP contribution >= 0.6 is 8.17 Å². The second-order valence-corrected chi connectivity index (χ2v) is 15.5. The number of hydrogen-bond donors (Lipinski definition) is 2. The third kappa shape index (κ3) is 24.3. The fraction of sp³-hybridized carbons (Fsp3) is 0.771. The summed E-state index contributed by atoms with van der Waals surface area (Å²) in [5, 5.41) is 25.0. The Morgan fingerprint density at radius 2 is 1.37 bits per heavy atom. The first-order chi connectivity index (χ1) is 24.6. The van der Waals surface area contributed by atoms with Crippen LogP contribution < -0.4 is 10.2 Å². The minimum Gasteiger partial charge on any atom is -0.606 e. The molecular formula is C35H62N4O12P+. The molecule has 1 aromatic rings. The molecule has 52 heavy (non-hydrogen) atoms. The Bertz CT molecular complexity index is 1200. The molecule has 2 N–H and O–H groups in total. The number of hydrogen-bond acceptors (Lipinski definition) is 13. The number of nitro benzene ring substituents is 2. The highest BCUT2D eigenvalue weighted by atomic mass is 31.2. The molecule has 0 aliphatic rings. The van der Waals surface area contributed by atoms with E-state index in [9.17, 15) is 39.6 Å². The van der Waals surface area contributed by atoms with Gasteiger partial charge in [-0.3, -0.25) is 29.8 Å². The van der Waals surface area contributed by atoms with Crippen molar-refractivity contribution in [3.8, 4) is 0 Å². The van der Waals surface area contributed by atoms with Crippen LogP contribution in [-0.2, 0) is 28.1 Å². The van der Waals surface area contributed by atoms with Gasteiger partial charge in [-0.15, -0.1) is 0 Å². The van der Waals surface area contributed by atoms with Crippen LogP contribution in [0.15, 0.2) is 18.2 Å². The Balaban J connectivity index is 2.50. The number of quaternary nitrogens is 1. The summed E-state index contributed by atoms with van der Waals surface area (Å²) in [5.74, 6) is -1.32. The summed E-state index contributed by atoms with van der Waals surface area (Å²) in [6.45, 7) is 1.41. The van der Waals surface area contributed by atoms with E-state index >= 15 is 0 Å². The van der Waals surface area contributed by atoms with Crippen molar-refractivity contribution < 1.29 is 52.2 Å². The summed E-state index contributed by atoms with van der Waals surface area (Å²) in [4.78, 5) is 68.4. The van der Waals surface area contributed by atoms with Gasteiger partial charge in [0.05, 0.1) is 43.5 Å². The van der Waals surface area contributed by atoms with Gasteiger partial charge in [0.1, 0.15) is 32.1 Å². The van der Waals surface area contributed by atoms with Gasteiger partial charge in [0.25, 0.3) is 11.4 Å². The lowest BCUT2D eigenvalue weighted by molar-refractivity contribution is -0.870. The fourth-order valence-electron chi connectivity index (χ4n) is 5.14. The number of phosphoric ester groups is 1. The van der Waals surface area contributed by atoms with E-state index in [2.05, 4.69) is 12.2 Å². The number of carbonyl (C=O) groups excluding carboxylic acids is 2. The Kier molecular flexibility index (Phi) is 24.1. The second-order valence-electron chi connectivity index (χ2n) is 14.0. The number of phosphoric acid groups is 1. The van der Waals surface area contributed by atoms with Gasteiger partial charge in [0.2, 0.25) is 0 Å². The predicted molar refractivity (Wildman–Crippen MR) is 197 cm³/mol. The highest BCUT2D eigenvalue weighted by Gasteiger charge is 2.31. The van der Waals surface area contributed by atoms with E-state index in [1.54, 1.807) is 0 Å². The van der Waals surface area contributed by atoms with Gasteiger partial charge in [-0.2, -0.15) is 13.9 Å². The summed E-state index contributed by atoms with van der Waals surface area (Å²) in [6, 6.07) is 3.05. The summed E-state index contributed by atoms with van der Waals surface area (Å²) >= 11 is 0. The van der Waals surface area contributed by atoms with Crippen molar-refractivity contribution in [3.63, 3.8) is 0 Å². The number of rotatable bonds is 32. The number of nitro groups is 2. The smallest absolute Gasteiger partial charge is 0.377 e. The molecule has 1 rings (SSSR count). The Morgan fingerprint density at radius 3 is 1.88 bits per heavy atom. The number of nitrogens with one attached hydrogen (secondary N) is 1. The molecule has 0 aromatic heterocycles. The molecule has 0 aliphatic carbocycles. The quantitative estimate of drug-likeness (QED) is 0.0193. The second kappa shape index (κ2) is 26.7. The Morgan fingerprint density at radius 1 is 0.808 bits per heavy atom. The van der Waals surface area contributed by atoms with Crippen molar-refractivity contribution >= 4 is 37.2 Å². The van der Waals surface area contributed by atoms with E-state index < -0.39 is 60.6 Å². The van der Waals surface area contributed by atoms with Crippen LogP contribution in [0.25, 0.3) is 0 Å². The molecule has 16 nitrogen and oxygen atoms in total. The van der Waals surface area contributed by atoms with Crippen LogP contribution in [0.4, 0.5) is 17.1 Å². The summed E-state index contributed by atoms with van der Waals surface area (Å²) in [5.41, 5.74) is -1.04. The highest BCUT2D eigenvalue weighted by molar-refractivity contribution is 7.52. The molecule has 0 radical (unpaired) electrons. The highest BCUT2D eigenvalue weighted by Crippen LogP contribution is 2.47. The number of anilines is 1. The SMILES string of the molecule is CCCCCCCCCCCCCCCCCC(=O)OC[C@H](CO[P+]([O-])(O)OCC[N+](C)(C)C)OC(=O)CCNc1ccc([N+](=O)[O-])cc1[N+](=O)[O-]. The van der Waals surface area contributed by atoms with E-state index in [-0.39, 0.29) is 31.7 Å². The van der Waals surface area contributed by atoms with Crippen LogP contribution in [0.3, 0.4) is 0 Å². The maximum atomic E-state index is 12.6. The minimum absolute atomic E-state index is 0.0386. The summed E-state index contributed by atoms with van der Waals surface area (Å²) in [7, 11) is 1.12. The first-order valence-corrected chi connectivity index (χ1v) is 20.1. The molecule has 0 amide bonds. The molecule has 0 spiro atoms. The van der Waals surface area contributed by atoms with Crippen molar-refractivity contribution in [1.29, 1.82) is 0 Å². The molecule has 0 fully saturated rings. The monoisotopic (exact) mass is 761 g/mol. The first kappa shape index (κ1) is 47.0. The van der Waals surface area contributed by atoms with Gasteiger partial charge < -0.3 is 24.2 Å². The molecule has 0 aliphatic heterocycles. The van der Waals surface area contributed by atoms with Crippen molar-refractivity contribution in [2.75, 3.05) is 59.4 Å². The zero-order chi connectivity index (χ0) is 38.8. The topological polar surface area (TPSA) is 213 Å². The lowest BCUT2D eigenvalue weighted by atomic mass is 10.0. The molecule has 1 aromatic carbocycles. The summed E-state index contributed by atoms with van der Waals surface area (Å²) in [6.07, 6.45) is 16.6. The first-order valence-electron chi connectivity index (χ1n) is 18.6. The average molecular weight is 762 g/mol. The molecule has 0 saturated heterocycles. The van der Waals surface area contributed by atoms with Crippen LogP contribution in [-0.4, -0.2) is 91.3 Å². The van der Waals surface area contributed by atoms with Crippen LogP contribution in [0, 0.1) is 20.2 Å². The lowest BCUT2D eigenvalue weighted by Crippen LogP contribution is -2.38. The molecule has 17 heteroatoms. The van der Waals surface area contributed by atoms with E-state index in [0.29, 0.717) is 17.4 Å². The molecule has 1 unspecified atom stereocenters. The van der Waals surface area contributed by atoms with Gasteiger partial charge in [-0.1, -0.05) is 96.8 Å². The number of esters is 2. The van der Waals surface area contributed by atoms with Gasteiger partial charge in [-0.25, -0.2) is 0 Å². The summed E-state index contributed by atoms with van der Waals surface area (Å²) < 4.78 is 21.2. The average Bonchev–Trinajstić information content (AvgIpc) is 3.07. The maximum absolute atomic E-state index is 12.6. The van der Waals surface area contributed by atoms with E-state index in [4.69, 9.17) is 18.5 Å².